The minimum Gasteiger partial charge on any atom is -0.207 e. The first-order chi connectivity index (χ1) is 7.64. The van der Waals surface area contributed by atoms with Gasteiger partial charge < -0.3 is 0 Å². The quantitative estimate of drug-likeness (QED) is 0.925. The number of benzene rings is 1. The number of hydrogen-bond donors (Lipinski definition) is 1. The van der Waals surface area contributed by atoms with Crippen molar-refractivity contribution in [2.75, 3.05) is 0 Å². The van der Waals surface area contributed by atoms with Crippen LogP contribution < -0.4 is 4.72 Å². The third kappa shape index (κ3) is 3.68. The third-order valence-electron chi connectivity index (χ3n) is 1.95. The SMILES string of the molecule is C[C@@H](NS(=O)(=O)c1ccccc1Br)C(F)(F)F. The van der Waals surface area contributed by atoms with E-state index in [1.807, 2.05) is 0 Å². The van der Waals surface area contributed by atoms with Gasteiger partial charge in [0.2, 0.25) is 10.0 Å². The van der Waals surface area contributed by atoms with Crippen molar-refractivity contribution in [3.63, 3.8) is 0 Å². The lowest BCUT2D eigenvalue weighted by Crippen LogP contribution is -2.43. The Labute approximate surface area is 105 Å². The van der Waals surface area contributed by atoms with Gasteiger partial charge in [0.25, 0.3) is 0 Å². The van der Waals surface area contributed by atoms with E-state index in [1.54, 1.807) is 10.8 Å². The molecular weight excluding hydrogens is 323 g/mol. The van der Waals surface area contributed by atoms with Crippen molar-refractivity contribution in [2.24, 2.45) is 0 Å². The summed E-state index contributed by atoms with van der Waals surface area (Å²) in [5.74, 6) is 0. The highest BCUT2D eigenvalue weighted by Crippen LogP contribution is 2.24. The van der Waals surface area contributed by atoms with Crippen LogP contribution in [0.3, 0.4) is 0 Å². The smallest absolute Gasteiger partial charge is 0.207 e. The minimum absolute atomic E-state index is 0.210. The molecule has 1 N–H and O–H groups in total. The normalized spacial score (nSPS) is 14.6. The highest BCUT2D eigenvalue weighted by atomic mass is 79.9. The van der Waals surface area contributed by atoms with E-state index in [0.29, 0.717) is 0 Å². The first kappa shape index (κ1) is 14.5. The van der Waals surface area contributed by atoms with E-state index in [2.05, 4.69) is 15.9 Å². The van der Waals surface area contributed by atoms with Gasteiger partial charge in [0.1, 0.15) is 6.04 Å². The summed E-state index contributed by atoms with van der Waals surface area (Å²) in [5, 5.41) is 0. The van der Waals surface area contributed by atoms with E-state index < -0.39 is 22.2 Å². The van der Waals surface area contributed by atoms with E-state index in [-0.39, 0.29) is 9.37 Å². The van der Waals surface area contributed by atoms with Crippen molar-refractivity contribution in [1.82, 2.24) is 4.72 Å². The van der Waals surface area contributed by atoms with Gasteiger partial charge in [-0.25, -0.2) is 8.42 Å². The molecule has 0 radical (unpaired) electrons. The molecule has 0 aromatic heterocycles. The molecule has 0 spiro atoms. The van der Waals surface area contributed by atoms with E-state index in [9.17, 15) is 21.6 Å². The zero-order chi connectivity index (χ0) is 13.3. The summed E-state index contributed by atoms with van der Waals surface area (Å²) in [7, 11) is -4.19. The second-order valence-electron chi connectivity index (χ2n) is 3.32. The summed E-state index contributed by atoms with van der Waals surface area (Å²) < 4.78 is 61.9. The maximum atomic E-state index is 12.3. The average Bonchev–Trinajstić information content (AvgIpc) is 2.15. The number of hydrogen-bond acceptors (Lipinski definition) is 2. The van der Waals surface area contributed by atoms with Crippen LogP contribution in [-0.4, -0.2) is 20.6 Å². The molecule has 0 saturated heterocycles. The Kier molecular flexibility index (Phi) is 4.21. The lowest BCUT2D eigenvalue weighted by molar-refractivity contribution is -0.147. The van der Waals surface area contributed by atoms with Gasteiger partial charge in [-0.2, -0.15) is 17.9 Å². The maximum Gasteiger partial charge on any atom is 0.404 e. The van der Waals surface area contributed by atoms with Crippen molar-refractivity contribution in [2.45, 2.75) is 24.0 Å². The number of halogens is 4. The van der Waals surface area contributed by atoms with Gasteiger partial charge in [-0.15, -0.1) is 0 Å². The van der Waals surface area contributed by atoms with E-state index >= 15 is 0 Å². The lowest BCUT2D eigenvalue weighted by Gasteiger charge is -2.17. The van der Waals surface area contributed by atoms with Crippen molar-refractivity contribution in [3.05, 3.63) is 28.7 Å². The molecule has 0 saturated carbocycles. The molecule has 0 aliphatic heterocycles. The van der Waals surface area contributed by atoms with Crippen molar-refractivity contribution in [3.8, 4) is 0 Å². The van der Waals surface area contributed by atoms with Gasteiger partial charge >= 0.3 is 6.18 Å². The summed E-state index contributed by atoms with van der Waals surface area (Å²) in [6.45, 7) is 0.744. The molecule has 0 heterocycles. The zero-order valence-corrected chi connectivity index (χ0v) is 11.0. The second-order valence-corrected chi connectivity index (χ2v) is 5.85. The molecular formula is C9H9BrF3NO2S. The van der Waals surface area contributed by atoms with Crippen LogP contribution in [0.4, 0.5) is 13.2 Å². The zero-order valence-electron chi connectivity index (χ0n) is 8.62. The molecule has 0 unspecified atom stereocenters. The van der Waals surface area contributed by atoms with Gasteiger partial charge in [-0.05, 0) is 35.0 Å². The monoisotopic (exact) mass is 331 g/mol. The predicted molar refractivity (Wildman–Crippen MR) is 60.0 cm³/mol. The summed E-state index contributed by atoms with van der Waals surface area (Å²) in [5.41, 5.74) is 0. The van der Waals surface area contributed by atoms with Crippen LogP contribution in [-0.2, 0) is 10.0 Å². The Bertz CT molecular complexity index is 501. The number of rotatable bonds is 3. The Morgan fingerprint density at radius 1 is 1.29 bits per heavy atom. The number of nitrogens with one attached hydrogen (secondary N) is 1. The first-order valence-electron chi connectivity index (χ1n) is 4.48. The predicted octanol–water partition coefficient (Wildman–Crippen LogP) is 2.68. The molecule has 1 aromatic carbocycles. The van der Waals surface area contributed by atoms with Gasteiger partial charge in [-0.1, -0.05) is 12.1 Å². The molecule has 8 heteroatoms. The number of alkyl halides is 3. The van der Waals surface area contributed by atoms with Gasteiger partial charge in [0.15, 0.2) is 0 Å². The van der Waals surface area contributed by atoms with Crippen LogP contribution >= 0.6 is 15.9 Å². The van der Waals surface area contributed by atoms with Crippen molar-refractivity contribution >= 4 is 26.0 Å². The van der Waals surface area contributed by atoms with Crippen LogP contribution in [0.15, 0.2) is 33.6 Å². The molecule has 0 amide bonds. The topological polar surface area (TPSA) is 46.2 Å². The van der Waals surface area contributed by atoms with Crippen LogP contribution in [0, 0.1) is 0 Å². The van der Waals surface area contributed by atoms with E-state index in [1.165, 1.54) is 18.2 Å². The van der Waals surface area contributed by atoms with Gasteiger partial charge in [-0.3, -0.25) is 0 Å². The molecule has 96 valence electrons. The molecule has 1 rings (SSSR count). The molecule has 3 nitrogen and oxygen atoms in total. The third-order valence-corrected chi connectivity index (χ3v) is 4.50. The molecule has 0 aliphatic rings. The molecule has 0 bridgehead atoms. The summed E-state index contributed by atoms with van der Waals surface area (Å²) in [4.78, 5) is -0.226. The van der Waals surface area contributed by atoms with Crippen LogP contribution in [0.25, 0.3) is 0 Å². The highest BCUT2D eigenvalue weighted by Gasteiger charge is 2.39. The van der Waals surface area contributed by atoms with Crippen LogP contribution in [0.1, 0.15) is 6.92 Å². The maximum absolute atomic E-state index is 12.3. The van der Waals surface area contributed by atoms with E-state index in [0.717, 1.165) is 6.92 Å². The fraction of sp³-hybridized carbons (Fsp3) is 0.333. The van der Waals surface area contributed by atoms with Crippen molar-refractivity contribution in [1.29, 1.82) is 0 Å². The summed E-state index contributed by atoms with van der Waals surface area (Å²) in [6.07, 6.45) is -4.62. The van der Waals surface area contributed by atoms with Gasteiger partial charge in [0, 0.05) is 4.47 Å². The first-order valence-corrected chi connectivity index (χ1v) is 6.76. The van der Waals surface area contributed by atoms with Crippen LogP contribution in [0.2, 0.25) is 0 Å². The molecule has 1 atom stereocenters. The molecule has 0 fully saturated rings. The average molecular weight is 332 g/mol. The largest absolute Gasteiger partial charge is 0.404 e. The Morgan fingerprint density at radius 3 is 2.29 bits per heavy atom. The van der Waals surface area contributed by atoms with E-state index in [4.69, 9.17) is 0 Å². The Balaban J connectivity index is 3.03. The second kappa shape index (κ2) is 4.95. The molecule has 17 heavy (non-hydrogen) atoms. The number of sulfonamides is 1. The Morgan fingerprint density at radius 2 is 1.82 bits per heavy atom. The lowest BCUT2D eigenvalue weighted by atomic mass is 10.4. The fourth-order valence-electron chi connectivity index (χ4n) is 1.03. The van der Waals surface area contributed by atoms with Crippen molar-refractivity contribution < 1.29 is 21.6 Å². The Hall–Kier alpha value is -0.600. The summed E-state index contributed by atoms with van der Waals surface area (Å²) >= 11 is 2.97. The van der Waals surface area contributed by atoms with Crippen LogP contribution in [0.5, 0.6) is 0 Å². The standard InChI is InChI=1S/C9H9BrF3NO2S/c1-6(9(11,12)13)14-17(15,16)8-5-3-2-4-7(8)10/h2-6,14H,1H3/t6-/m1/s1. The molecule has 0 aliphatic carbocycles. The summed E-state index contributed by atoms with van der Waals surface area (Å²) in [6, 6.07) is 3.51. The van der Waals surface area contributed by atoms with Gasteiger partial charge in [0.05, 0.1) is 4.90 Å². The minimum atomic E-state index is -4.62. The highest BCUT2D eigenvalue weighted by molar-refractivity contribution is 9.10. The molecule has 1 aromatic rings. The fourth-order valence-corrected chi connectivity index (χ4v) is 3.26.